The topological polar surface area (TPSA) is 12.0 Å². The van der Waals surface area contributed by atoms with Gasteiger partial charge >= 0.3 is 0 Å². The summed E-state index contributed by atoms with van der Waals surface area (Å²) in [4.78, 5) is 2.76. The van der Waals surface area contributed by atoms with Crippen molar-refractivity contribution in [1.82, 2.24) is 0 Å². The molecule has 0 spiro atoms. The molecular weight excluding hydrogens is 226 g/mol. The van der Waals surface area contributed by atoms with Crippen molar-refractivity contribution < 1.29 is 0 Å². The fraction of sp³-hybridized carbons (Fsp3) is 0.333. The van der Waals surface area contributed by atoms with Gasteiger partial charge in [-0.25, -0.2) is 0 Å². The number of hydrogen-bond acceptors (Lipinski definition) is 2. The second kappa shape index (κ2) is 4.92. The van der Waals surface area contributed by atoms with Crippen molar-refractivity contribution >= 4 is 17.0 Å². The molecule has 0 fully saturated rings. The molecule has 2 rings (SSSR count). The molecule has 0 aliphatic rings. The van der Waals surface area contributed by atoms with Crippen LogP contribution in [-0.2, 0) is 0 Å². The van der Waals surface area contributed by atoms with Crippen LogP contribution in [0.1, 0.15) is 33.8 Å². The van der Waals surface area contributed by atoms with E-state index >= 15 is 0 Å². The highest BCUT2D eigenvalue weighted by Gasteiger charge is 2.07. The van der Waals surface area contributed by atoms with Gasteiger partial charge < -0.3 is 5.32 Å². The number of aryl methyl sites for hydroxylation is 3. The van der Waals surface area contributed by atoms with Crippen molar-refractivity contribution in [2.45, 2.75) is 33.7 Å². The molecule has 0 aliphatic carbocycles. The van der Waals surface area contributed by atoms with Crippen LogP contribution in [0, 0.1) is 20.8 Å². The van der Waals surface area contributed by atoms with E-state index < -0.39 is 0 Å². The molecule has 17 heavy (non-hydrogen) atoms. The molecule has 0 aliphatic heterocycles. The van der Waals surface area contributed by atoms with Crippen molar-refractivity contribution in [3.05, 3.63) is 51.2 Å². The number of benzene rings is 1. The second-order valence-electron chi connectivity index (χ2n) is 4.61. The number of rotatable bonds is 3. The van der Waals surface area contributed by atoms with Crippen molar-refractivity contribution in [3.63, 3.8) is 0 Å². The highest BCUT2D eigenvalue weighted by Crippen LogP contribution is 2.26. The molecule has 1 heterocycles. The first-order valence-corrected chi connectivity index (χ1v) is 6.78. The standard InChI is InChI=1S/C15H19NS/c1-10-5-7-14(9-11(10)2)16-13(4)15-8-6-12(3)17-15/h5-9,13,16H,1-4H3. The molecule has 1 aromatic carbocycles. The Balaban J connectivity index is 2.12. The smallest absolute Gasteiger partial charge is 0.0578 e. The summed E-state index contributed by atoms with van der Waals surface area (Å²) in [6, 6.07) is 11.3. The van der Waals surface area contributed by atoms with Crippen LogP contribution >= 0.6 is 11.3 Å². The number of anilines is 1. The molecule has 1 atom stereocenters. The SMILES string of the molecule is Cc1ccc(C(C)Nc2ccc(C)c(C)c2)s1. The quantitative estimate of drug-likeness (QED) is 0.815. The highest BCUT2D eigenvalue weighted by molar-refractivity contribution is 7.12. The van der Waals surface area contributed by atoms with E-state index in [9.17, 15) is 0 Å². The van der Waals surface area contributed by atoms with E-state index in [2.05, 4.69) is 63.3 Å². The molecule has 1 aromatic heterocycles. The largest absolute Gasteiger partial charge is 0.378 e. The van der Waals surface area contributed by atoms with E-state index in [-0.39, 0.29) is 0 Å². The summed E-state index contributed by atoms with van der Waals surface area (Å²) in [5.74, 6) is 0. The predicted molar refractivity (Wildman–Crippen MR) is 77.0 cm³/mol. The number of thiophene rings is 1. The zero-order valence-corrected chi connectivity index (χ0v) is 11.7. The molecule has 90 valence electrons. The molecular formula is C15H19NS. The molecule has 2 aromatic rings. The van der Waals surface area contributed by atoms with Gasteiger partial charge in [0, 0.05) is 15.4 Å². The Morgan fingerprint density at radius 1 is 1.00 bits per heavy atom. The van der Waals surface area contributed by atoms with Crippen molar-refractivity contribution in [1.29, 1.82) is 0 Å². The first-order chi connectivity index (χ1) is 8.06. The lowest BCUT2D eigenvalue weighted by molar-refractivity contribution is 0.907. The van der Waals surface area contributed by atoms with Crippen LogP contribution < -0.4 is 5.32 Å². The monoisotopic (exact) mass is 245 g/mol. The van der Waals surface area contributed by atoms with Gasteiger partial charge in [0.25, 0.3) is 0 Å². The molecule has 1 unspecified atom stereocenters. The molecule has 0 bridgehead atoms. The van der Waals surface area contributed by atoms with Crippen LogP contribution in [-0.4, -0.2) is 0 Å². The number of nitrogens with one attached hydrogen (secondary N) is 1. The molecule has 0 saturated heterocycles. The fourth-order valence-corrected chi connectivity index (χ4v) is 2.72. The zero-order valence-electron chi connectivity index (χ0n) is 10.9. The van der Waals surface area contributed by atoms with E-state index in [1.54, 1.807) is 0 Å². The fourth-order valence-electron chi connectivity index (χ4n) is 1.84. The third-order valence-corrected chi connectivity index (χ3v) is 4.26. The zero-order chi connectivity index (χ0) is 12.4. The summed E-state index contributed by atoms with van der Waals surface area (Å²) >= 11 is 1.86. The van der Waals surface area contributed by atoms with Crippen LogP contribution in [0.15, 0.2) is 30.3 Å². The predicted octanol–water partition coefficient (Wildman–Crippen LogP) is 4.85. The Morgan fingerprint density at radius 2 is 1.76 bits per heavy atom. The third kappa shape index (κ3) is 2.89. The highest BCUT2D eigenvalue weighted by atomic mass is 32.1. The lowest BCUT2D eigenvalue weighted by atomic mass is 10.1. The Bertz CT molecular complexity index is 513. The first kappa shape index (κ1) is 12.2. The van der Waals surface area contributed by atoms with Gasteiger partial charge in [0.1, 0.15) is 0 Å². The minimum absolute atomic E-state index is 0.371. The van der Waals surface area contributed by atoms with Gasteiger partial charge in [-0.3, -0.25) is 0 Å². The summed E-state index contributed by atoms with van der Waals surface area (Å²) in [7, 11) is 0. The maximum absolute atomic E-state index is 3.55. The van der Waals surface area contributed by atoms with Gasteiger partial charge in [-0.1, -0.05) is 6.07 Å². The molecule has 0 radical (unpaired) electrons. The minimum atomic E-state index is 0.371. The van der Waals surface area contributed by atoms with Gasteiger partial charge in [0.05, 0.1) is 6.04 Å². The van der Waals surface area contributed by atoms with Crippen LogP contribution in [0.5, 0.6) is 0 Å². The molecule has 2 heteroatoms. The van der Waals surface area contributed by atoms with Gasteiger partial charge in [0.2, 0.25) is 0 Å². The third-order valence-electron chi connectivity index (χ3n) is 3.08. The summed E-state index contributed by atoms with van der Waals surface area (Å²) in [5.41, 5.74) is 3.88. The van der Waals surface area contributed by atoms with E-state index in [0.717, 1.165) is 0 Å². The van der Waals surface area contributed by atoms with E-state index in [1.165, 1.54) is 26.6 Å². The number of hydrogen-bond donors (Lipinski definition) is 1. The summed E-state index contributed by atoms with van der Waals surface area (Å²) in [5, 5.41) is 3.55. The lowest BCUT2D eigenvalue weighted by Crippen LogP contribution is -2.04. The molecule has 0 amide bonds. The Labute approximate surface area is 108 Å². The van der Waals surface area contributed by atoms with Crippen molar-refractivity contribution in [2.24, 2.45) is 0 Å². The molecule has 1 nitrogen and oxygen atoms in total. The summed E-state index contributed by atoms with van der Waals surface area (Å²) < 4.78 is 0. The Hall–Kier alpha value is -1.28. The Morgan fingerprint density at radius 3 is 2.35 bits per heavy atom. The average molecular weight is 245 g/mol. The normalized spacial score (nSPS) is 12.5. The average Bonchev–Trinajstić information content (AvgIpc) is 2.70. The van der Waals surface area contributed by atoms with E-state index in [0.29, 0.717) is 6.04 Å². The van der Waals surface area contributed by atoms with Crippen LogP contribution in [0.25, 0.3) is 0 Å². The van der Waals surface area contributed by atoms with Crippen LogP contribution in [0.2, 0.25) is 0 Å². The lowest BCUT2D eigenvalue weighted by Gasteiger charge is -2.14. The van der Waals surface area contributed by atoms with Gasteiger partial charge in [-0.05, 0) is 63.1 Å². The molecule has 1 N–H and O–H groups in total. The van der Waals surface area contributed by atoms with E-state index in [1.807, 2.05) is 11.3 Å². The summed E-state index contributed by atoms with van der Waals surface area (Å²) in [6.07, 6.45) is 0. The van der Waals surface area contributed by atoms with Gasteiger partial charge in [-0.15, -0.1) is 11.3 Å². The summed E-state index contributed by atoms with van der Waals surface area (Å²) in [6.45, 7) is 8.66. The van der Waals surface area contributed by atoms with Crippen LogP contribution in [0.4, 0.5) is 5.69 Å². The van der Waals surface area contributed by atoms with Crippen molar-refractivity contribution in [2.75, 3.05) is 5.32 Å². The van der Waals surface area contributed by atoms with Gasteiger partial charge in [0.15, 0.2) is 0 Å². The maximum Gasteiger partial charge on any atom is 0.0578 e. The maximum atomic E-state index is 3.55. The molecule has 0 saturated carbocycles. The van der Waals surface area contributed by atoms with E-state index in [4.69, 9.17) is 0 Å². The Kier molecular flexibility index (Phi) is 3.53. The van der Waals surface area contributed by atoms with Crippen LogP contribution in [0.3, 0.4) is 0 Å². The van der Waals surface area contributed by atoms with Gasteiger partial charge in [-0.2, -0.15) is 0 Å². The minimum Gasteiger partial charge on any atom is -0.378 e. The van der Waals surface area contributed by atoms with Crippen molar-refractivity contribution in [3.8, 4) is 0 Å². The second-order valence-corrected chi connectivity index (χ2v) is 5.93. The first-order valence-electron chi connectivity index (χ1n) is 5.96.